The molecule has 1 aromatic heterocycles. The lowest BCUT2D eigenvalue weighted by atomic mass is 10.1. The van der Waals surface area contributed by atoms with Gasteiger partial charge in [0.1, 0.15) is 5.75 Å². The summed E-state index contributed by atoms with van der Waals surface area (Å²) in [7, 11) is 1.66. The molecule has 4 nitrogen and oxygen atoms in total. The van der Waals surface area contributed by atoms with Crippen LogP contribution in [0, 0.1) is 3.57 Å². The van der Waals surface area contributed by atoms with Gasteiger partial charge in [0.25, 0.3) is 0 Å². The number of nitrogens with two attached hydrogens (primary N) is 1. The van der Waals surface area contributed by atoms with Crippen LogP contribution in [0.15, 0.2) is 28.8 Å². The molecule has 17 heavy (non-hydrogen) atoms. The Morgan fingerprint density at radius 3 is 2.53 bits per heavy atom. The van der Waals surface area contributed by atoms with E-state index in [0.29, 0.717) is 5.82 Å². The van der Waals surface area contributed by atoms with E-state index in [4.69, 9.17) is 15.0 Å². The van der Waals surface area contributed by atoms with E-state index in [1.807, 2.05) is 24.3 Å². The molecule has 0 unspecified atom stereocenters. The maximum atomic E-state index is 5.62. The summed E-state index contributed by atoms with van der Waals surface area (Å²) in [5.74, 6) is 2.18. The number of benzene rings is 1. The first-order valence-corrected chi connectivity index (χ1v) is 6.31. The van der Waals surface area contributed by atoms with Crippen molar-refractivity contribution in [3.05, 3.63) is 39.2 Å². The predicted octanol–water partition coefficient (Wildman–Crippen LogP) is 2.66. The van der Waals surface area contributed by atoms with E-state index in [-0.39, 0.29) is 0 Å². The standard InChI is InChI=1S/C12H13IN2O2/c1-16-9-5-2-8(3-6-9)4-7-10-11(13)12(14)15-17-10/h2-3,5-6H,4,7H2,1H3,(H2,14,15). The fourth-order valence-corrected chi connectivity index (χ4v) is 2.00. The molecule has 1 aromatic carbocycles. The number of anilines is 1. The first-order chi connectivity index (χ1) is 8.20. The van der Waals surface area contributed by atoms with E-state index in [1.54, 1.807) is 7.11 Å². The molecule has 2 N–H and O–H groups in total. The van der Waals surface area contributed by atoms with E-state index >= 15 is 0 Å². The zero-order valence-corrected chi connectivity index (χ0v) is 11.6. The molecule has 0 amide bonds. The highest BCUT2D eigenvalue weighted by Crippen LogP contribution is 2.20. The Balaban J connectivity index is 2.00. The zero-order valence-electron chi connectivity index (χ0n) is 9.44. The maximum Gasteiger partial charge on any atom is 0.180 e. The number of aromatic nitrogens is 1. The molecule has 2 aromatic rings. The molecule has 5 heteroatoms. The van der Waals surface area contributed by atoms with Gasteiger partial charge in [0.15, 0.2) is 11.6 Å². The van der Waals surface area contributed by atoms with E-state index in [0.717, 1.165) is 27.9 Å². The molecule has 0 aliphatic rings. The van der Waals surface area contributed by atoms with Crippen molar-refractivity contribution in [2.75, 3.05) is 12.8 Å². The lowest BCUT2D eigenvalue weighted by molar-refractivity contribution is 0.384. The van der Waals surface area contributed by atoms with Crippen molar-refractivity contribution in [2.45, 2.75) is 12.8 Å². The summed E-state index contributed by atoms with van der Waals surface area (Å²) in [6.45, 7) is 0. The van der Waals surface area contributed by atoms with Gasteiger partial charge in [0.2, 0.25) is 0 Å². The van der Waals surface area contributed by atoms with E-state index < -0.39 is 0 Å². The summed E-state index contributed by atoms with van der Waals surface area (Å²) in [6.07, 6.45) is 1.70. The van der Waals surface area contributed by atoms with Crippen molar-refractivity contribution in [1.82, 2.24) is 5.16 Å². The smallest absolute Gasteiger partial charge is 0.180 e. The normalized spacial score (nSPS) is 10.5. The van der Waals surface area contributed by atoms with Crippen molar-refractivity contribution in [3.8, 4) is 5.75 Å². The Hall–Kier alpha value is -1.24. The summed E-state index contributed by atoms with van der Waals surface area (Å²) in [5.41, 5.74) is 6.85. The van der Waals surface area contributed by atoms with Gasteiger partial charge in [-0.3, -0.25) is 0 Å². The fourth-order valence-electron chi connectivity index (χ4n) is 1.53. The Labute approximate surface area is 113 Å². The third-order valence-electron chi connectivity index (χ3n) is 2.52. The first kappa shape index (κ1) is 12.2. The predicted molar refractivity (Wildman–Crippen MR) is 74.0 cm³/mol. The largest absolute Gasteiger partial charge is 0.497 e. The van der Waals surface area contributed by atoms with E-state index in [2.05, 4.69) is 27.7 Å². The lowest BCUT2D eigenvalue weighted by Crippen LogP contribution is -1.93. The number of hydrogen-bond acceptors (Lipinski definition) is 4. The molecular weight excluding hydrogens is 331 g/mol. The van der Waals surface area contributed by atoms with Crippen LogP contribution in [0.25, 0.3) is 0 Å². The van der Waals surface area contributed by atoms with Gasteiger partial charge in [0, 0.05) is 6.42 Å². The molecule has 0 aliphatic heterocycles. The number of halogens is 1. The highest BCUT2D eigenvalue weighted by molar-refractivity contribution is 14.1. The number of ether oxygens (including phenoxy) is 1. The van der Waals surface area contributed by atoms with Gasteiger partial charge in [0.05, 0.1) is 10.7 Å². The van der Waals surface area contributed by atoms with Gasteiger partial charge in [-0.05, 0) is 46.7 Å². The van der Waals surface area contributed by atoms with Crippen LogP contribution in [-0.2, 0) is 12.8 Å². The minimum absolute atomic E-state index is 0.468. The van der Waals surface area contributed by atoms with Crippen molar-refractivity contribution < 1.29 is 9.26 Å². The Morgan fingerprint density at radius 2 is 2.00 bits per heavy atom. The minimum atomic E-state index is 0.468. The molecule has 0 spiro atoms. The number of methoxy groups -OCH3 is 1. The van der Waals surface area contributed by atoms with Crippen LogP contribution in [0.4, 0.5) is 5.82 Å². The topological polar surface area (TPSA) is 61.3 Å². The lowest BCUT2D eigenvalue weighted by Gasteiger charge is -2.02. The molecule has 1 heterocycles. The first-order valence-electron chi connectivity index (χ1n) is 5.23. The molecule has 2 rings (SSSR count). The number of aryl methyl sites for hydroxylation is 2. The molecule has 0 bridgehead atoms. The molecule has 0 radical (unpaired) electrons. The summed E-state index contributed by atoms with van der Waals surface area (Å²) >= 11 is 2.15. The summed E-state index contributed by atoms with van der Waals surface area (Å²) in [6, 6.07) is 8.00. The maximum absolute atomic E-state index is 5.62. The zero-order chi connectivity index (χ0) is 12.3. The van der Waals surface area contributed by atoms with E-state index in [9.17, 15) is 0 Å². The van der Waals surface area contributed by atoms with Gasteiger partial charge in [-0.1, -0.05) is 17.3 Å². The van der Waals surface area contributed by atoms with Crippen molar-refractivity contribution >= 4 is 28.4 Å². The number of rotatable bonds is 4. The summed E-state index contributed by atoms with van der Waals surface area (Å²) in [5, 5.41) is 3.73. The monoisotopic (exact) mass is 344 g/mol. The second-order valence-corrected chi connectivity index (χ2v) is 4.73. The average Bonchev–Trinajstić information content (AvgIpc) is 2.68. The Morgan fingerprint density at radius 1 is 1.29 bits per heavy atom. The van der Waals surface area contributed by atoms with Crippen molar-refractivity contribution in [3.63, 3.8) is 0 Å². The van der Waals surface area contributed by atoms with Crippen LogP contribution in [0.5, 0.6) is 5.75 Å². The molecule has 0 saturated carbocycles. The van der Waals surface area contributed by atoms with Crippen LogP contribution in [0.1, 0.15) is 11.3 Å². The van der Waals surface area contributed by atoms with Gasteiger partial charge >= 0.3 is 0 Å². The average molecular weight is 344 g/mol. The number of nitrogens with zero attached hydrogens (tertiary/aromatic N) is 1. The highest BCUT2D eigenvalue weighted by atomic mass is 127. The van der Waals surface area contributed by atoms with Gasteiger partial charge in [-0.25, -0.2) is 0 Å². The molecule has 0 saturated heterocycles. The number of nitrogen functional groups attached to an aromatic ring is 1. The minimum Gasteiger partial charge on any atom is -0.497 e. The SMILES string of the molecule is COc1ccc(CCc2onc(N)c2I)cc1. The molecular formula is C12H13IN2O2. The summed E-state index contributed by atoms with van der Waals surface area (Å²) in [4.78, 5) is 0. The second-order valence-electron chi connectivity index (χ2n) is 3.65. The molecule has 90 valence electrons. The van der Waals surface area contributed by atoms with Crippen LogP contribution in [-0.4, -0.2) is 12.3 Å². The van der Waals surface area contributed by atoms with Crippen LogP contribution < -0.4 is 10.5 Å². The molecule has 0 fully saturated rings. The van der Waals surface area contributed by atoms with Crippen molar-refractivity contribution in [2.24, 2.45) is 0 Å². The quantitative estimate of drug-likeness (QED) is 0.867. The van der Waals surface area contributed by atoms with Crippen molar-refractivity contribution in [1.29, 1.82) is 0 Å². The molecule has 0 atom stereocenters. The number of hydrogen-bond donors (Lipinski definition) is 1. The van der Waals surface area contributed by atoms with Gasteiger partial charge in [-0.2, -0.15) is 0 Å². The fraction of sp³-hybridized carbons (Fsp3) is 0.250. The Kier molecular flexibility index (Phi) is 3.88. The van der Waals surface area contributed by atoms with Crippen LogP contribution >= 0.6 is 22.6 Å². The Bertz CT molecular complexity index is 494. The third-order valence-corrected chi connectivity index (χ3v) is 3.68. The van der Waals surface area contributed by atoms with Crippen LogP contribution in [0.3, 0.4) is 0 Å². The van der Waals surface area contributed by atoms with Crippen LogP contribution in [0.2, 0.25) is 0 Å². The third kappa shape index (κ3) is 2.91. The summed E-state index contributed by atoms with van der Waals surface area (Å²) < 4.78 is 11.2. The van der Waals surface area contributed by atoms with Gasteiger partial charge < -0.3 is 15.0 Å². The highest BCUT2D eigenvalue weighted by Gasteiger charge is 2.10. The second kappa shape index (κ2) is 5.39. The van der Waals surface area contributed by atoms with Gasteiger partial charge in [-0.15, -0.1) is 0 Å². The van der Waals surface area contributed by atoms with E-state index in [1.165, 1.54) is 5.56 Å². The molecule has 0 aliphatic carbocycles.